The Balaban J connectivity index is 2.51. The Kier molecular flexibility index (Phi) is 3.55. The van der Waals surface area contributed by atoms with E-state index in [1.807, 2.05) is 0 Å². The van der Waals surface area contributed by atoms with Gasteiger partial charge in [-0.25, -0.2) is 4.98 Å². The van der Waals surface area contributed by atoms with E-state index >= 15 is 0 Å². The maximum Gasteiger partial charge on any atom is 0.196 e. The lowest BCUT2D eigenvalue weighted by Gasteiger charge is -2.05. The first kappa shape index (κ1) is 12.9. The van der Waals surface area contributed by atoms with Crippen LogP contribution < -0.4 is 0 Å². The SMILES string of the molecule is Cc1cc(C(=O)c2cc(Cl)ccc2O)cc(Cl)n1. The molecule has 1 aromatic carbocycles. The number of aryl methyl sites for hydroxylation is 1. The molecule has 18 heavy (non-hydrogen) atoms. The molecule has 1 heterocycles. The van der Waals surface area contributed by atoms with Gasteiger partial charge < -0.3 is 5.11 Å². The van der Waals surface area contributed by atoms with Crippen LogP contribution in [0.15, 0.2) is 30.3 Å². The van der Waals surface area contributed by atoms with E-state index in [1.165, 1.54) is 24.3 Å². The van der Waals surface area contributed by atoms with Gasteiger partial charge in [0.2, 0.25) is 0 Å². The van der Waals surface area contributed by atoms with Crippen LogP contribution in [0.1, 0.15) is 21.6 Å². The molecule has 0 saturated heterocycles. The summed E-state index contributed by atoms with van der Waals surface area (Å²) in [4.78, 5) is 16.2. The van der Waals surface area contributed by atoms with Crippen molar-refractivity contribution in [2.45, 2.75) is 6.92 Å². The number of aromatic hydroxyl groups is 1. The van der Waals surface area contributed by atoms with Gasteiger partial charge in [0, 0.05) is 16.3 Å². The van der Waals surface area contributed by atoms with Crippen LogP contribution in [0.2, 0.25) is 10.2 Å². The van der Waals surface area contributed by atoms with Crippen LogP contribution in [-0.4, -0.2) is 15.9 Å². The van der Waals surface area contributed by atoms with Crippen molar-refractivity contribution in [3.05, 3.63) is 57.3 Å². The van der Waals surface area contributed by atoms with Crippen molar-refractivity contribution in [1.82, 2.24) is 4.98 Å². The number of hydrogen-bond donors (Lipinski definition) is 1. The lowest BCUT2D eigenvalue weighted by molar-refractivity contribution is 0.103. The number of halogens is 2. The summed E-state index contributed by atoms with van der Waals surface area (Å²) in [7, 11) is 0. The average molecular weight is 282 g/mol. The molecule has 0 fully saturated rings. The smallest absolute Gasteiger partial charge is 0.196 e. The van der Waals surface area contributed by atoms with Gasteiger partial charge in [0.1, 0.15) is 10.9 Å². The average Bonchev–Trinajstić information content (AvgIpc) is 2.30. The van der Waals surface area contributed by atoms with E-state index in [-0.39, 0.29) is 22.2 Å². The number of ketones is 1. The Morgan fingerprint density at radius 1 is 1.22 bits per heavy atom. The van der Waals surface area contributed by atoms with Gasteiger partial charge in [-0.2, -0.15) is 0 Å². The molecule has 2 rings (SSSR count). The molecule has 2 aromatic rings. The minimum absolute atomic E-state index is 0.116. The molecule has 0 aliphatic carbocycles. The number of carbonyl (C=O) groups is 1. The molecule has 0 radical (unpaired) electrons. The molecule has 5 heteroatoms. The molecule has 0 unspecified atom stereocenters. The van der Waals surface area contributed by atoms with Crippen molar-refractivity contribution in [2.75, 3.05) is 0 Å². The fraction of sp³-hybridized carbons (Fsp3) is 0.0769. The minimum atomic E-state index is -0.345. The summed E-state index contributed by atoms with van der Waals surface area (Å²) in [6.07, 6.45) is 0. The van der Waals surface area contributed by atoms with E-state index < -0.39 is 0 Å². The summed E-state index contributed by atoms with van der Waals surface area (Å²) >= 11 is 11.6. The summed E-state index contributed by atoms with van der Waals surface area (Å²) < 4.78 is 0. The molecule has 0 aliphatic heterocycles. The lowest BCUT2D eigenvalue weighted by atomic mass is 10.0. The Morgan fingerprint density at radius 3 is 2.61 bits per heavy atom. The molecule has 0 atom stereocenters. The minimum Gasteiger partial charge on any atom is -0.507 e. The van der Waals surface area contributed by atoms with Gasteiger partial charge in [-0.05, 0) is 37.3 Å². The first-order chi connectivity index (χ1) is 8.47. The third-order valence-electron chi connectivity index (χ3n) is 2.39. The van der Waals surface area contributed by atoms with Crippen LogP contribution in [0.4, 0.5) is 0 Å². The van der Waals surface area contributed by atoms with Crippen molar-refractivity contribution in [3.8, 4) is 5.75 Å². The topological polar surface area (TPSA) is 50.2 Å². The van der Waals surface area contributed by atoms with Crippen LogP contribution in [0.25, 0.3) is 0 Å². The number of rotatable bonds is 2. The first-order valence-electron chi connectivity index (χ1n) is 5.15. The van der Waals surface area contributed by atoms with Crippen LogP contribution in [0, 0.1) is 6.92 Å². The second-order valence-electron chi connectivity index (χ2n) is 3.81. The van der Waals surface area contributed by atoms with Crippen molar-refractivity contribution >= 4 is 29.0 Å². The zero-order chi connectivity index (χ0) is 13.3. The number of carbonyl (C=O) groups excluding carboxylic acids is 1. The molecule has 1 N–H and O–H groups in total. The van der Waals surface area contributed by atoms with E-state index in [4.69, 9.17) is 23.2 Å². The van der Waals surface area contributed by atoms with Gasteiger partial charge in [0.05, 0.1) is 5.56 Å². The maximum atomic E-state index is 12.2. The van der Waals surface area contributed by atoms with E-state index in [2.05, 4.69) is 4.98 Å². The van der Waals surface area contributed by atoms with Crippen LogP contribution in [0.3, 0.4) is 0 Å². The molecule has 0 aliphatic rings. The summed E-state index contributed by atoms with van der Waals surface area (Å²) in [5.41, 5.74) is 1.14. The Bertz CT molecular complexity index is 606. The number of phenols is 1. The predicted octanol–water partition coefficient (Wildman–Crippen LogP) is 3.63. The van der Waals surface area contributed by atoms with E-state index in [9.17, 15) is 9.90 Å². The molecule has 0 bridgehead atoms. The highest BCUT2D eigenvalue weighted by Crippen LogP contribution is 2.25. The van der Waals surface area contributed by atoms with Gasteiger partial charge in [-0.3, -0.25) is 4.79 Å². The largest absolute Gasteiger partial charge is 0.507 e. The summed E-state index contributed by atoms with van der Waals surface area (Å²) in [5.74, 6) is -0.461. The molecule has 0 amide bonds. The number of nitrogens with zero attached hydrogens (tertiary/aromatic N) is 1. The van der Waals surface area contributed by atoms with E-state index in [0.717, 1.165) is 0 Å². The molecular weight excluding hydrogens is 273 g/mol. The summed E-state index contributed by atoms with van der Waals surface area (Å²) in [6.45, 7) is 1.74. The monoisotopic (exact) mass is 281 g/mol. The zero-order valence-corrected chi connectivity index (χ0v) is 11.0. The molecule has 0 spiro atoms. The van der Waals surface area contributed by atoms with Crippen molar-refractivity contribution < 1.29 is 9.90 Å². The predicted molar refractivity (Wildman–Crippen MR) is 70.5 cm³/mol. The fourth-order valence-corrected chi connectivity index (χ4v) is 2.03. The van der Waals surface area contributed by atoms with Gasteiger partial charge in [-0.15, -0.1) is 0 Å². The zero-order valence-electron chi connectivity index (χ0n) is 9.45. The number of pyridine rings is 1. The molecular formula is C13H9Cl2NO2. The van der Waals surface area contributed by atoms with Gasteiger partial charge >= 0.3 is 0 Å². The third-order valence-corrected chi connectivity index (χ3v) is 2.82. The normalized spacial score (nSPS) is 10.4. The van der Waals surface area contributed by atoms with Crippen molar-refractivity contribution in [2.24, 2.45) is 0 Å². The standard InChI is InChI=1S/C13H9Cl2NO2/c1-7-4-8(5-12(15)16-7)13(18)10-6-9(14)2-3-11(10)17/h2-6,17H,1H3. The lowest BCUT2D eigenvalue weighted by Crippen LogP contribution is -2.03. The van der Waals surface area contributed by atoms with Gasteiger partial charge in [0.15, 0.2) is 5.78 Å². The number of hydrogen-bond acceptors (Lipinski definition) is 3. The molecule has 1 aromatic heterocycles. The highest BCUT2D eigenvalue weighted by atomic mass is 35.5. The van der Waals surface area contributed by atoms with Crippen LogP contribution >= 0.6 is 23.2 Å². The number of benzene rings is 1. The number of phenolic OH excluding ortho intramolecular Hbond substituents is 1. The number of aromatic nitrogens is 1. The second-order valence-corrected chi connectivity index (χ2v) is 4.63. The molecule has 3 nitrogen and oxygen atoms in total. The Morgan fingerprint density at radius 2 is 1.94 bits per heavy atom. The third kappa shape index (κ3) is 2.63. The quantitative estimate of drug-likeness (QED) is 0.676. The molecule has 92 valence electrons. The summed E-state index contributed by atoms with van der Waals surface area (Å²) in [6, 6.07) is 7.37. The van der Waals surface area contributed by atoms with E-state index in [1.54, 1.807) is 13.0 Å². The molecule has 0 saturated carbocycles. The van der Waals surface area contributed by atoms with Crippen LogP contribution in [-0.2, 0) is 0 Å². The Hall–Kier alpha value is -1.58. The van der Waals surface area contributed by atoms with Gasteiger partial charge in [-0.1, -0.05) is 23.2 Å². The first-order valence-corrected chi connectivity index (χ1v) is 5.90. The highest BCUT2D eigenvalue weighted by molar-refractivity contribution is 6.31. The van der Waals surface area contributed by atoms with Crippen LogP contribution in [0.5, 0.6) is 5.75 Å². The Labute approximate surface area is 114 Å². The second kappa shape index (κ2) is 4.96. The van der Waals surface area contributed by atoms with E-state index in [0.29, 0.717) is 16.3 Å². The van der Waals surface area contributed by atoms with Gasteiger partial charge in [0.25, 0.3) is 0 Å². The van der Waals surface area contributed by atoms with Crippen molar-refractivity contribution in [3.63, 3.8) is 0 Å². The highest BCUT2D eigenvalue weighted by Gasteiger charge is 2.15. The van der Waals surface area contributed by atoms with Crippen molar-refractivity contribution in [1.29, 1.82) is 0 Å². The summed E-state index contributed by atoms with van der Waals surface area (Å²) in [5, 5.41) is 10.3. The maximum absolute atomic E-state index is 12.2. The fourth-order valence-electron chi connectivity index (χ4n) is 1.60.